The summed E-state index contributed by atoms with van der Waals surface area (Å²) in [7, 11) is 0. The van der Waals surface area contributed by atoms with Gasteiger partial charge in [-0.05, 0) is 12.1 Å². The van der Waals surface area contributed by atoms with Gasteiger partial charge in [0.15, 0.2) is 5.69 Å². The number of rotatable bonds is 6. The number of hydrogen-bond acceptors (Lipinski definition) is 7. The van der Waals surface area contributed by atoms with Gasteiger partial charge in [0.05, 0.1) is 28.2 Å². The molecule has 0 aliphatic carbocycles. The Labute approximate surface area is 122 Å². The van der Waals surface area contributed by atoms with Crippen LogP contribution in [0.25, 0.3) is 0 Å². The normalized spacial score (nSPS) is 10.2. The standard InChI is InChI=1S/C12H10N4O6/c13-12(17)7-4-9(15(18)19)11(10(5-7)16(20)21)14-6-8-2-1-3-22-8/h1-5,14H,6H2,(H2,13,17). The number of nitrogens with zero attached hydrogens (tertiary/aromatic N) is 2. The van der Waals surface area contributed by atoms with Crippen LogP contribution in [0.2, 0.25) is 0 Å². The van der Waals surface area contributed by atoms with Crippen molar-refractivity contribution < 1.29 is 19.1 Å². The highest BCUT2D eigenvalue weighted by Crippen LogP contribution is 2.36. The van der Waals surface area contributed by atoms with Crippen molar-refractivity contribution >= 4 is 23.0 Å². The van der Waals surface area contributed by atoms with Gasteiger partial charge >= 0.3 is 0 Å². The summed E-state index contributed by atoms with van der Waals surface area (Å²) < 4.78 is 5.04. The van der Waals surface area contributed by atoms with Gasteiger partial charge < -0.3 is 15.5 Å². The Hall–Kier alpha value is -3.43. The monoisotopic (exact) mass is 306 g/mol. The lowest BCUT2D eigenvalue weighted by Gasteiger charge is -2.07. The van der Waals surface area contributed by atoms with E-state index < -0.39 is 27.1 Å². The van der Waals surface area contributed by atoms with Crippen LogP contribution in [0.15, 0.2) is 34.9 Å². The number of nitro benzene ring substituents is 2. The molecule has 0 atom stereocenters. The van der Waals surface area contributed by atoms with Gasteiger partial charge in [-0.3, -0.25) is 25.0 Å². The molecule has 1 amide bonds. The zero-order valence-corrected chi connectivity index (χ0v) is 11.0. The summed E-state index contributed by atoms with van der Waals surface area (Å²) in [6.45, 7) is 0.00456. The maximum atomic E-state index is 11.1. The molecule has 22 heavy (non-hydrogen) atoms. The minimum Gasteiger partial charge on any atom is -0.467 e. The first-order chi connectivity index (χ1) is 10.4. The first kappa shape index (κ1) is 15.0. The van der Waals surface area contributed by atoms with E-state index in [0.717, 1.165) is 12.1 Å². The smallest absolute Gasteiger partial charge is 0.300 e. The van der Waals surface area contributed by atoms with Crippen molar-refractivity contribution in [1.82, 2.24) is 0 Å². The number of amides is 1. The number of nitro groups is 2. The summed E-state index contributed by atoms with van der Waals surface area (Å²) in [6.07, 6.45) is 1.40. The Kier molecular flexibility index (Phi) is 4.02. The number of anilines is 1. The van der Waals surface area contributed by atoms with Gasteiger partial charge in [0.2, 0.25) is 5.91 Å². The summed E-state index contributed by atoms with van der Waals surface area (Å²) in [5.41, 5.74) is 3.16. The number of benzene rings is 1. The first-order valence-electron chi connectivity index (χ1n) is 5.93. The molecule has 10 heteroatoms. The highest BCUT2D eigenvalue weighted by molar-refractivity contribution is 5.96. The molecule has 0 aliphatic heterocycles. The molecule has 1 heterocycles. The summed E-state index contributed by atoms with van der Waals surface area (Å²) in [4.78, 5) is 31.7. The summed E-state index contributed by atoms with van der Waals surface area (Å²) >= 11 is 0. The maximum absolute atomic E-state index is 11.1. The second-order valence-corrected chi connectivity index (χ2v) is 4.20. The summed E-state index contributed by atoms with van der Waals surface area (Å²) in [6, 6.07) is 4.98. The van der Waals surface area contributed by atoms with Crippen LogP contribution in [-0.2, 0) is 6.54 Å². The average Bonchev–Trinajstić information content (AvgIpc) is 2.96. The van der Waals surface area contributed by atoms with Crippen molar-refractivity contribution in [2.24, 2.45) is 5.73 Å². The predicted octanol–water partition coefficient (Wildman–Crippen LogP) is 1.81. The minimum absolute atomic E-state index is 0.00456. The molecule has 0 bridgehead atoms. The zero-order chi connectivity index (χ0) is 16.3. The van der Waals surface area contributed by atoms with Crippen molar-refractivity contribution in [1.29, 1.82) is 0 Å². The molecule has 114 valence electrons. The molecule has 0 saturated heterocycles. The van der Waals surface area contributed by atoms with Crippen LogP contribution < -0.4 is 11.1 Å². The number of nitrogens with one attached hydrogen (secondary N) is 1. The van der Waals surface area contributed by atoms with Gasteiger partial charge in [-0.1, -0.05) is 0 Å². The van der Waals surface area contributed by atoms with E-state index in [1.807, 2.05) is 0 Å². The van der Waals surface area contributed by atoms with E-state index in [9.17, 15) is 25.0 Å². The SMILES string of the molecule is NC(=O)c1cc([N+](=O)[O-])c(NCc2ccco2)c([N+](=O)[O-])c1. The van der Waals surface area contributed by atoms with Crippen LogP contribution in [-0.4, -0.2) is 15.8 Å². The fourth-order valence-electron chi connectivity index (χ4n) is 1.81. The number of carbonyl (C=O) groups is 1. The predicted molar refractivity (Wildman–Crippen MR) is 74.3 cm³/mol. The third-order valence-corrected chi connectivity index (χ3v) is 2.79. The number of furan rings is 1. The van der Waals surface area contributed by atoms with E-state index in [1.165, 1.54) is 6.26 Å². The van der Waals surface area contributed by atoms with Crippen molar-refractivity contribution in [3.8, 4) is 0 Å². The zero-order valence-electron chi connectivity index (χ0n) is 11.0. The van der Waals surface area contributed by atoms with E-state index in [2.05, 4.69) is 5.32 Å². The van der Waals surface area contributed by atoms with E-state index in [-0.39, 0.29) is 17.8 Å². The fraction of sp³-hybridized carbons (Fsp3) is 0.0833. The molecule has 2 rings (SSSR count). The Morgan fingerprint density at radius 2 is 1.82 bits per heavy atom. The molecule has 10 nitrogen and oxygen atoms in total. The molecular formula is C12H10N4O6. The molecule has 0 fully saturated rings. The van der Waals surface area contributed by atoms with Crippen molar-refractivity contribution in [2.45, 2.75) is 6.54 Å². The van der Waals surface area contributed by atoms with E-state index >= 15 is 0 Å². The molecule has 1 aromatic carbocycles. The van der Waals surface area contributed by atoms with Crippen LogP contribution in [0.5, 0.6) is 0 Å². The van der Waals surface area contributed by atoms with Crippen LogP contribution in [0.3, 0.4) is 0 Å². The van der Waals surface area contributed by atoms with Crippen LogP contribution in [0.4, 0.5) is 17.1 Å². The van der Waals surface area contributed by atoms with E-state index in [1.54, 1.807) is 12.1 Å². The topological polar surface area (TPSA) is 155 Å². The lowest BCUT2D eigenvalue weighted by atomic mass is 10.1. The van der Waals surface area contributed by atoms with Crippen LogP contribution in [0.1, 0.15) is 16.1 Å². The Morgan fingerprint density at radius 3 is 2.23 bits per heavy atom. The van der Waals surface area contributed by atoms with Gasteiger partial charge in [0, 0.05) is 12.1 Å². The lowest BCUT2D eigenvalue weighted by Crippen LogP contribution is -2.13. The first-order valence-corrected chi connectivity index (χ1v) is 5.93. The fourth-order valence-corrected chi connectivity index (χ4v) is 1.81. The highest BCUT2D eigenvalue weighted by Gasteiger charge is 2.28. The van der Waals surface area contributed by atoms with Gasteiger partial charge in [0.25, 0.3) is 11.4 Å². The molecule has 0 radical (unpaired) electrons. The molecule has 0 spiro atoms. The Bertz CT molecular complexity index is 705. The molecule has 3 N–H and O–H groups in total. The van der Waals surface area contributed by atoms with Crippen LogP contribution >= 0.6 is 0 Å². The van der Waals surface area contributed by atoms with Crippen molar-refractivity contribution in [2.75, 3.05) is 5.32 Å². The number of carbonyl (C=O) groups excluding carboxylic acids is 1. The molecule has 0 unspecified atom stereocenters. The second-order valence-electron chi connectivity index (χ2n) is 4.20. The third kappa shape index (κ3) is 3.00. The number of primary amides is 1. The summed E-state index contributed by atoms with van der Waals surface area (Å²) in [5.74, 6) is -0.564. The number of nitrogens with two attached hydrogens (primary N) is 1. The molecule has 0 saturated carbocycles. The molecule has 0 aliphatic rings. The average molecular weight is 306 g/mol. The van der Waals surface area contributed by atoms with Crippen molar-refractivity contribution in [3.63, 3.8) is 0 Å². The van der Waals surface area contributed by atoms with Gasteiger partial charge in [-0.2, -0.15) is 0 Å². The lowest BCUT2D eigenvalue weighted by molar-refractivity contribution is -0.392. The second kappa shape index (κ2) is 5.91. The van der Waals surface area contributed by atoms with Gasteiger partial charge in [-0.15, -0.1) is 0 Å². The van der Waals surface area contributed by atoms with Crippen molar-refractivity contribution in [3.05, 3.63) is 62.1 Å². The maximum Gasteiger partial charge on any atom is 0.300 e. The van der Waals surface area contributed by atoms with Gasteiger partial charge in [-0.25, -0.2) is 0 Å². The largest absolute Gasteiger partial charge is 0.467 e. The molecular weight excluding hydrogens is 296 g/mol. The minimum atomic E-state index is -0.996. The molecule has 2 aromatic rings. The van der Waals surface area contributed by atoms with E-state index in [4.69, 9.17) is 10.2 Å². The van der Waals surface area contributed by atoms with Gasteiger partial charge in [0.1, 0.15) is 5.76 Å². The Balaban J connectivity index is 2.50. The van der Waals surface area contributed by atoms with Crippen LogP contribution in [0, 0.1) is 20.2 Å². The molecule has 1 aromatic heterocycles. The highest BCUT2D eigenvalue weighted by atomic mass is 16.6. The van der Waals surface area contributed by atoms with E-state index in [0.29, 0.717) is 5.76 Å². The number of hydrogen-bond donors (Lipinski definition) is 2. The quantitative estimate of drug-likeness (QED) is 0.608. The summed E-state index contributed by atoms with van der Waals surface area (Å²) in [5, 5.41) is 24.8. The third-order valence-electron chi connectivity index (χ3n) is 2.79. The Morgan fingerprint density at radius 1 is 1.23 bits per heavy atom.